The fourth-order valence-corrected chi connectivity index (χ4v) is 3.45. The largest absolute Gasteiger partial charge is 0.345 e. The second-order valence-electron chi connectivity index (χ2n) is 6.88. The molecule has 3 N–H and O–H groups in total. The van der Waals surface area contributed by atoms with E-state index in [4.69, 9.17) is 5.73 Å². The first kappa shape index (κ1) is 15.9. The van der Waals surface area contributed by atoms with Crippen LogP contribution >= 0.6 is 0 Å². The summed E-state index contributed by atoms with van der Waals surface area (Å²) in [5.74, 6) is -0.0730. The second kappa shape index (κ2) is 5.92. The van der Waals surface area contributed by atoms with Crippen LogP contribution < -0.4 is 11.1 Å². The number of fused-ring (bicyclic) bond motifs is 1. The van der Waals surface area contributed by atoms with E-state index in [-0.39, 0.29) is 17.5 Å². The normalized spacial score (nSPS) is 17.1. The topological polar surface area (TPSA) is 85.8 Å². The van der Waals surface area contributed by atoms with Crippen LogP contribution in [0.3, 0.4) is 0 Å². The molecule has 0 spiro atoms. The average Bonchev–Trinajstić information content (AvgIpc) is 3.13. The molecule has 1 fully saturated rings. The third-order valence-electron chi connectivity index (χ3n) is 4.76. The Labute approximate surface area is 136 Å². The van der Waals surface area contributed by atoms with Crippen LogP contribution in [0.25, 0.3) is 11.0 Å². The quantitative estimate of drug-likeness (QED) is 0.906. The van der Waals surface area contributed by atoms with Gasteiger partial charge in [0, 0.05) is 18.3 Å². The van der Waals surface area contributed by atoms with Gasteiger partial charge in [-0.25, -0.2) is 9.67 Å². The van der Waals surface area contributed by atoms with Crippen molar-refractivity contribution in [3.63, 3.8) is 0 Å². The van der Waals surface area contributed by atoms with Crippen molar-refractivity contribution in [3.05, 3.63) is 23.5 Å². The summed E-state index contributed by atoms with van der Waals surface area (Å²) in [6.45, 7) is 6.50. The molecule has 2 heterocycles. The van der Waals surface area contributed by atoms with Crippen molar-refractivity contribution >= 4 is 16.9 Å². The standard InChI is InChI=1S/C17H25N5O/c1-11(2)22-15-14(9-19-22)13(8-12(3)20-15)16(23)21-17(10-18)6-4-5-7-17/h8-9,11H,4-7,10,18H2,1-3H3,(H,21,23). The first-order chi connectivity index (χ1) is 11.0. The zero-order valence-electron chi connectivity index (χ0n) is 14.1. The SMILES string of the molecule is Cc1cc(C(=O)NC2(CN)CCCC2)c2cnn(C(C)C)c2n1. The van der Waals surface area contributed by atoms with Crippen molar-refractivity contribution in [1.29, 1.82) is 0 Å². The summed E-state index contributed by atoms with van der Waals surface area (Å²) >= 11 is 0. The van der Waals surface area contributed by atoms with Crippen LogP contribution in [0.5, 0.6) is 0 Å². The predicted octanol–water partition coefficient (Wildman–Crippen LogP) is 2.32. The van der Waals surface area contributed by atoms with E-state index in [1.54, 1.807) is 6.20 Å². The average molecular weight is 315 g/mol. The minimum atomic E-state index is -0.255. The first-order valence-corrected chi connectivity index (χ1v) is 8.33. The fraction of sp³-hybridized carbons (Fsp3) is 0.588. The number of aryl methyl sites for hydroxylation is 1. The first-order valence-electron chi connectivity index (χ1n) is 8.33. The number of carbonyl (C=O) groups excluding carboxylic acids is 1. The molecule has 1 aliphatic carbocycles. The molecule has 1 amide bonds. The zero-order valence-corrected chi connectivity index (χ0v) is 14.1. The molecule has 6 nitrogen and oxygen atoms in total. The fourth-order valence-electron chi connectivity index (χ4n) is 3.45. The van der Waals surface area contributed by atoms with Crippen LogP contribution in [0, 0.1) is 6.92 Å². The van der Waals surface area contributed by atoms with Gasteiger partial charge in [-0.3, -0.25) is 4.79 Å². The van der Waals surface area contributed by atoms with Gasteiger partial charge >= 0.3 is 0 Å². The molecule has 23 heavy (non-hydrogen) atoms. The Morgan fingerprint density at radius 3 is 2.74 bits per heavy atom. The molecule has 0 saturated heterocycles. The summed E-state index contributed by atoms with van der Waals surface area (Å²) < 4.78 is 1.85. The number of carbonyl (C=O) groups is 1. The summed E-state index contributed by atoms with van der Waals surface area (Å²) in [6, 6.07) is 2.03. The van der Waals surface area contributed by atoms with Gasteiger partial charge in [-0.1, -0.05) is 12.8 Å². The molecule has 1 saturated carbocycles. The Balaban J connectivity index is 2.00. The van der Waals surface area contributed by atoms with Crippen molar-refractivity contribution in [2.45, 2.75) is 58.0 Å². The lowest BCUT2D eigenvalue weighted by Crippen LogP contribution is -2.51. The van der Waals surface area contributed by atoms with E-state index in [9.17, 15) is 4.79 Å². The lowest BCUT2D eigenvalue weighted by molar-refractivity contribution is 0.0904. The number of pyridine rings is 1. The number of hydrogen-bond donors (Lipinski definition) is 2. The number of nitrogens with two attached hydrogens (primary N) is 1. The summed E-state index contributed by atoms with van der Waals surface area (Å²) in [6.07, 6.45) is 5.88. The van der Waals surface area contributed by atoms with Gasteiger partial charge in [-0.05, 0) is 39.7 Å². The monoisotopic (exact) mass is 315 g/mol. The van der Waals surface area contributed by atoms with E-state index in [0.717, 1.165) is 42.4 Å². The predicted molar refractivity (Wildman–Crippen MR) is 90.4 cm³/mol. The van der Waals surface area contributed by atoms with Gasteiger partial charge in [0.05, 0.1) is 22.7 Å². The minimum absolute atomic E-state index is 0.0730. The van der Waals surface area contributed by atoms with Crippen LogP contribution in [0.2, 0.25) is 0 Å². The lowest BCUT2D eigenvalue weighted by atomic mass is 9.97. The Kier molecular flexibility index (Phi) is 4.10. The molecule has 124 valence electrons. The van der Waals surface area contributed by atoms with Gasteiger partial charge in [-0.15, -0.1) is 0 Å². The molecule has 6 heteroatoms. The maximum absolute atomic E-state index is 12.9. The summed E-state index contributed by atoms with van der Waals surface area (Å²) in [4.78, 5) is 17.4. The van der Waals surface area contributed by atoms with Gasteiger partial charge in [0.25, 0.3) is 5.91 Å². The van der Waals surface area contributed by atoms with Gasteiger partial charge in [0.1, 0.15) is 0 Å². The lowest BCUT2D eigenvalue weighted by Gasteiger charge is -2.28. The van der Waals surface area contributed by atoms with E-state index >= 15 is 0 Å². The molecule has 2 aromatic rings. The van der Waals surface area contributed by atoms with Crippen LogP contribution in [-0.4, -0.2) is 32.8 Å². The van der Waals surface area contributed by atoms with Crippen molar-refractivity contribution < 1.29 is 4.79 Å². The van der Waals surface area contributed by atoms with E-state index < -0.39 is 0 Å². The molecular weight excluding hydrogens is 290 g/mol. The molecule has 0 aromatic carbocycles. The Morgan fingerprint density at radius 2 is 2.13 bits per heavy atom. The molecule has 0 atom stereocenters. The molecule has 0 aliphatic heterocycles. The molecule has 2 aromatic heterocycles. The minimum Gasteiger partial charge on any atom is -0.345 e. The Hall–Kier alpha value is -1.95. The Morgan fingerprint density at radius 1 is 1.43 bits per heavy atom. The van der Waals surface area contributed by atoms with Crippen molar-refractivity contribution in [2.24, 2.45) is 5.73 Å². The Bertz CT molecular complexity index is 728. The van der Waals surface area contributed by atoms with Gasteiger partial charge < -0.3 is 11.1 Å². The van der Waals surface area contributed by atoms with Gasteiger partial charge in [0.2, 0.25) is 0 Å². The molecule has 0 radical (unpaired) electrons. The molecular formula is C17H25N5O. The molecule has 3 rings (SSSR count). The van der Waals surface area contributed by atoms with E-state index in [2.05, 4.69) is 29.2 Å². The highest BCUT2D eigenvalue weighted by Crippen LogP contribution is 2.29. The number of nitrogens with zero attached hydrogens (tertiary/aromatic N) is 3. The maximum Gasteiger partial charge on any atom is 0.252 e. The number of hydrogen-bond acceptors (Lipinski definition) is 4. The van der Waals surface area contributed by atoms with E-state index in [0.29, 0.717) is 12.1 Å². The summed E-state index contributed by atoms with van der Waals surface area (Å²) in [5.41, 5.74) is 7.90. The highest BCUT2D eigenvalue weighted by atomic mass is 16.1. The third kappa shape index (κ3) is 2.83. The zero-order chi connectivity index (χ0) is 16.6. The smallest absolute Gasteiger partial charge is 0.252 e. The van der Waals surface area contributed by atoms with Crippen LogP contribution in [0.4, 0.5) is 0 Å². The highest BCUT2D eigenvalue weighted by Gasteiger charge is 2.34. The van der Waals surface area contributed by atoms with Gasteiger partial charge in [0.15, 0.2) is 5.65 Å². The van der Waals surface area contributed by atoms with Gasteiger partial charge in [-0.2, -0.15) is 5.10 Å². The maximum atomic E-state index is 12.9. The van der Waals surface area contributed by atoms with Crippen LogP contribution in [0.15, 0.2) is 12.3 Å². The second-order valence-corrected chi connectivity index (χ2v) is 6.88. The number of nitrogens with one attached hydrogen (secondary N) is 1. The van der Waals surface area contributed by atoms with Crippen molar-refractivity contribution in [3.8, 4) is 0 Å². The number of amides is 1. The third-order valence-corrected chi connectivity index (χ3v) is 4.76. The molecule has 1 aliphatic rings. The summed E-state index contributed by atoms with van der Waals surface area (Å²) in [7, 11) is 0. The van der Waals surface area contributed by atoms with E-state index in [1.807, 2.05) is 17.7 Å². The van der Waals surface area contributed by atoms with Crippen molar-refractivity contribution in [2.75, 3.05) is 6.54 Å². The number of aromatic nitrogens is 3. The molecule has 0 unspecified atom stereocenters. The van der Waals surface area contributed by atoms with Crippen molar-refractivity contribution in [1.82, 2.24) is 20.1 Å². The summed E-state index contributed by atoms with van der Waals surface area (Å²) in [5, 5.41) is 8.38. The van der Waals surface area contributed by atoms with Crippen LogP contribution in [0.1, 0.15) is 61.6 Å². The number of rotatable bonds is 4. The van der Waals surface area contributed by atoms with Crippen LogP contribution in [-0.2, 0) is 0 Å². The van der Waals surface area contributed by atoms with E-state index in [1.165, 1.54) is 0 Å². The molecule has 0 bridgehead atoms. The highest BCUT2D eigenvalue weighted by molar-refractivity contribution is 6.05.